The molecule has 2 aromatic rings. The lowest BCUT2D eigenvalue weighted by Gasteiger charge is -2.08. The van der Waals surface area contributed by atoms with E-state index in [1.807, 2.05) is 31.2 Å². The van der Waals surface area contributed by atoms with Gasteiger partial charge in [0.15, 0.2) is 0 Å². The quantitative estimate of drug-likeness (QED) is 0.753. The number of aromatic hydroxyl groups is 1. The van der Waals surface area contributed by atoms with E-state index in [0.717, 1.165) is 16.5 Å². The molecule has 0 aliphatic rings. The molecular formula is C12H13NO2. The van der Waals surface area contributed by atoms with Gasteiger partial charge in [-0.05, 0) is 30.5 Å². The monoisotopic (exact) mass is 203 g/mol. The summed E-state index contributed by atoms with van der Waals surface area (Å²) >= 11 is 0. The summed E-state index contributed by atoms with van der Waals surface area (Å²) in [5.74, 6) is 0.258. The van der Waals surface area contributed by atoms with Crippen molar-refractivity contribution < 1.29 is 9.94 Å². The molecule has 15 heavy (non-hydrogen) atoms. The van der Waals surface area contributed by atoms with Crippen LogP contribution < -0.4 is 5.48 Å². The fourth-order valence-electron chi connectivity index (χ4n) is 1.50. The van der Waals surface area contributed by atoms with Gasteiger partial charge in [-0.25, -0.2) is 0 Å². The Morgan fingerprint density at radius 3 is 2.93 bits per heavy atom. The molecule has 0 aromatic heterocycles. The van der Waals surface area contributed by atoms with Crippen LogP contribution >= 0.6 is 0 Å². The van der Waals surface area contributed by atoms with Gasteiger partial charge < -0.3 is 5.11 Å². The first-order valence-corrected chi connectivity index (χ1v) is 4.91. The molecule has 0 aliphatic heterocycles. The highest BCUT2D eigenvalue weighted by atomic mass is 16.6. The number of anilines is 1. The van der Waals surface area contributed by atoms with Crippen molar-refractivity contribution in [3.05, 3.63) is 36.4 Å². The largest absolute Gasteiger partial charge is 0.508 e. The van der Waals surface area contributed by atoms with E-state index in [0.29, 0.717) is 6.61 Å². The number of nitrogens with one attached hydrogen (secondary N) is 1. The Kier molecular flexibility index (Phi) is 2.74. The normalized spacial score (nSPS) is 10.5. The van der Waals surface area contributed by atoms with Crippen LogP contribution in [0.1, 0.15) is 6.92 Å². The molecule has 0 bridgehead atoms. The predicted molar refractivity (Wildman–Crippen MR) is 60.9 cm³/mol. The summed E-state index contributed by atoms with van der Waals surface area (Å²) in [6, 6.07) is 11.1. The molecule has 0 saturated carbocycles. The van der Waals surface area contributed by atoms with Gasteiger partial charge in [0.25, 0.3) is 0 Å². The number of hydrogen-bond acceptors (Lipinski definition) is 3. The first kappa shape index (κ1) is 9.80. The van der Waals surface area contributed by atoms with Crippen LogP contribution in [-0.2, 0) is 4.84 Å². The van der Waals surface area contributed by atoms with Crippen molar-refractivity contribution in [1.29, 1.82) is 0 Å². The zero-order chi connectivity index (χ0) is 10.7. The van der Waals surface area contributed by atoms with Crippen molar-refractivity contribution in [2.45, 2.75) is 6.92 Å². The van der Waals surface area contributed by atoms with E-state index >= 15 is 0 Å². The fourth-order valence-corrected chi connectivity index (χ4v) is 1.50. The van der Waals surface area contributed by atoms with Crippen molar-refractivity contribution in [2.75, 3.05) is 12.1 Å². The van der Waals surface area contributed by atoms with Crippen LogP contribution in [-0.4, -0.2) is 11.7 Å². The van der Waals surface area contributed by atoms with Crippen LogP contribution in [0.4, 0.5) is 5.69 Å². The lowest BCUT2D eigenvalue weighted by atomic mass is 10.1. The highest BCUT2D eigenvalue weighted by Crippen LogP contribution is 2.26. The first-order chi connectivity index (χ1) is 7.31. The number of hydrogen-bond donors (Lipinski definition) is 2. The second kappa shape index (κ2) is 4.19. The van der Waals surface area contributed by atoms with Gasteiger partial charge in [0.1, 0.15) is 5.75 Å². The van der Waals surface area contributed by atoms with Gasteiger partial charge in [0.05, 0.1) is 12.3 Å². The van der Waals surface area contributed by atoms with Crippen LogP contribution in [0.5, 0.6) is 5.75 Å². The Balaban J connectivity index is 2.48. The standard InChI is InChI=1S/C12H13NO2/c1-2-15-13-12-5-3-4-9-6-7-10(14)8-11(9)12/h3-8,13-14H,2H2,1H3. The Labute approximate surface area is 88.3 Å². The lowest BCUT2D eigenvalue weighted by Crippen LogP contribution is -2.00. The summed E-state index contributed by atoms with van der Waals surface area (Å²) in [5.41, 5.74) is 3.72. The number of benzene rings is 2. The molecule has 78 valence electrons. The van der Waals surface area contributed by atoms with E-state index in [4.69, 9.17) is 4.84 Å². The van der Waals surface area contributed by atoms with Crippen molar-refractivity contribution in [3.8, 4) is 5.75 Å². The Hall–Kier alpha value is -1.74. The molecule has 2 N–H and O–H groups in total. The van der Waals surface area contributed by atoms with E-state index in [1.165, 1.54) is 0 Å². The molecule has 0 heterocycles. The highest BCUT2D eigenvalue weighted by Gasteiger charge is 2.00. The van der Waals surface area contributed by atoms with E-state index in [9.17, 15) is 5.11 Å². The van der Waals surface area contributed by atoms with Crippen LogP contribution in [0.2, 0.25) is 0 Å². The maximum atomic E-state index is 9.41. The third-order valence-corrected chi connectivity index (χ3v) is 2.19. The molecule has 0 unspecified atom stereocenters. The molecule has 0 atom stereocenters. The summed E-state index contributed by atoms with van der Waals surface area (Å²) in [5, 5.41) is 11.4. The van der Waals surface area contributed by atoms with Crippen LogP contribution in [0, 0.1) is 0 Å². The van der Waals surface area contributed by atoms with Crippen LogP contribution in [0.15, 0.2) is 36.4 Å². The van der Waals surface area contributed by atoms with Gasteiger partial charge in [-0.15, -0.1) is 0 Å². The molecule has 0 spiro atoms. The molecule has 0 amide bonds. The van der Waals surface area contributed by atoms with Gasteiger partial charge in [-0.3, -0.25) is 10.3 Å². The van der Waals surface area contributed by atoms with Crippen LogP contribution in [0.3, 0.4) is 0 Å². The molecule has 0 aliphatic carbocycles. The van der Waals surface area contributed by atoms with E-state index < -0.39 is 0 Å². The van der Waals surface area contributed by atoms with Gasteiger partial charge >= 0.3 is 0 Å². The van der Waals surface area contributed by atoms with Crippen molar-refractivity contribution in [2.24, 2.45) is 0 Å². The summed E-state index contributed by atoms with van der Waals surface area (Å²) in [4.78, 5) is 5.14. The first-order valence-electron chi connectivity index (χ1n) is 4.91. The molecule has 0 saturated heterocycles. The SMILES string of the molecule is CCONc1cccc2ccc(O)cc12. The minimum Gasteiger partial charge on any atom is -0.508 e. The number of phenols is 1. The molecule has 0 radical (unpaired) electrons. The Morgan fingerprint density at radius 1 is 1.27 bits per heavy atom. The summed E-state index contributed by atoms with van der Waals surface area (Å²) in [6.45, 7) is 2.50. The molecular weight excluding hydrogens is 190 g/mol. The molecule has 2 aromatic carbocycles. The van der Waals surface area contributed by atoms with Crippen molar-refractivity contribution in [1.82, 2.24) is 0 Å². The number of phenolic OH excluding ortho intramolecular Hbond substituents is 1. The molecule has 0 fully saturated rings. The summed E-state index contributed by atoms with van der Waals surface area (Å²) in [6.07, 6.45) is 0. The Bertz CT molecular complexity index is 468. The lowest BCUT2D eigenvalue weighted by molar-refractivity contribution is 0.211. The number of fused-ring (bicyclic) bond motifs is 1. The van der Waals surface area contributed by atoms with Crippen molar-refractivity contribution in [3.63, 3.8) is 0 Å². The second-order valence-corrected chi connectivity index (χ2v) is 3.25. The Morgan fingerprint density at radius 2 is 2.13 bits per heavy atom. The van der Waals surface area contributed by atoms with Crippen molar-refractivity contribution >= 4 is 16.5 Å². The van der Waals surface area contributed by atoms with Gasteiger partial charge in [0.2, 0.25) is 0 Å². The number of rotatable bonds is 3. The fraction of sp³-hybridized carbons (Fsp3) is 0.167. The average Bonchev–Trinajstić information content (AvgIpc) is 2.26. The maximum Gasteiger partial charge on any atom is 0.116 e. The third-order valence-electron chi connectivity index (χ3n) is 2.19. The minimum absolute atomic E-state index is 0.258. The zero-order valence-corrected chi connectivity index (χ0v) is 8.53. The van der Waals surface area contributed by atoms with Gasteiger partial charge in [-0.2, -0.15) is 0 Å². The van der Waals surface area contributed by atoms with Gasteiger partial charge in [0, 0.05) is 5.39 Å². The predicted octanol–water partition coefficient (Wildman–Crippen LogP) is 2.91. The molecule has 2 rings (SSSR count). The molecule has 3 nitrogen and oxygen atoms in total. The smallest absolute Gasteiger partial charge is 0.116 e. The third kappa shape index (κ3) is 2.02. The second-order valence-electron chi connectivity index (χ2n) is 3.25. The highest BCUT2D eigenvalue weighted by molar-refractivity contribution is 5.94. The molecule has 3 heteroatoms. The van der Waals surface area contributed by atoms with E-state index in [2.05, 4.69) is 5.48 Å². The summed E-state index contributed by atoms with van der Waals surface area (Å²) < 4.78 is 0. The average molecular weight is 203 g/mol. The van der Waals surface area contributed by atoms with E-state index in [1.54, 1.807) is 12.1 Å². The summed E-state index contributed by atoms with van der Waals surface area (Å²) in [7, 11) is 0. The minimum atomic E-state index is 0.258. The zero-order valence-electron chi connectivity index (χ0n) is 8.53. The van der Waals surface area contributed by atoms with Gasteiger partial charge in [-0.1, -0.05) is 18.2 Å². The van der Waals surface area contributed by atoms with E-state index in [-0.39, 0.29) is 5.75 Å². The van der Waals surface area contributed by atoms with Crippen LogP contribution in [0.25, 0.3) is 10.8 Å². The maximum absolute atomic E-state index is 9.41. The topological polar surface area (TPSA) is 41.5 Å².